The van der Waals surface area contributed by atoms with Crippen LogP contribution in [0.4, 0.5) is 0 Å². The summed E-state index contributed by atoms with van der Waals surface area (Å²) in [6.07, 6.45) is 3.30. The van der Waals surface area contributed by atoms with Gasteiger partial charge in [0.2, 0.25) is 0 Å². The zero-order chi connectivity index (χ0) is 10.3. The Hall–Kier alpha value is -2.16. The van der Waals surface area contributed by atoms with Crippen molar-refractivity contribution >= 4 is 16.3 Å². The van der Waals surface area contributed by atoms with Gasteiger partial charge in [0.25, 0.3) is 0 Å². The van der Waals surface area contributed by atoms with Gasteiger partial charge >= 0.3 is 5.69 Å². The van der Waals surface area contributed by atoms with Gasteiger partial charge in [-0.15, -0.1) is 0 Å². The van der Waals surface area contributed by atoms with E-state index in [0.717, 1.165) is 16.3 Å². The summed E-state index contributed by atoms with van der Waals surface area (Å²) in [6, 6.07) is 11.8. The van der Waals surface area contributed by atoms with Crippen LogP contribution in [0.5, 0.6) is 0 Å². The standard InChI is InChI=1S/C12H8N2O/c15-12-13-7-5-11-10-4-2-1-3-9(10)6-8-14(11)12/h1-8H. The average molecular weight is 196 g/mol. The van der Waals surface area contributed by atoms with Crippen LogP contribution in [-0.4, -0.2) is 9.38 Å². The lowest BCUT2D eigenvalue weighted by atomic mass is 10.1. The molecular weight excluding hydrogens is 188 g/mol. The van der Waals surface area contributed by atoms with Gasteiger partial charge in [0.05, 0.1) is 5.52 Å². The van der Waals surface area contributed by atoms with Crippen molar-refractivity contribution in [2.45, 2.75) is 0 Å². The van der Waals surface area contributed by atoms with Gasteiger partial charge in [-0.25, -0.2) is 9.78 Å². The van der Waals surface area contributed by atoms with E-state index in [1.54, 1.807) is 16.8 Å². The third-order valence-electron chi connectivity index (χ3n) is 2.52. The van der Waals surface area contributed by atoms with E-state index in [1.807, 2.05) is 36.4 Å². The number of hydrogen-bond acceptors (Lipinski definition) is 2. The second-order valence-corrected chi connectivity index (χ2v) is 3.39. The first-order chi connectivity index (χ1) is 7.36. The van der Waals surface area contributed by atoms with Crippen molar-refractivity contribution in [3.63, 3.8) is 0 Å². The Bertz CT molecular complexity index is 700. The fourth-order valence-corrected chi connectivity index (χ4v) is 1.81. The molecule has 0 bridgehead atoms. The maximum Gasteiger partial charge on any atom is 0.352 e. The molecule has 0 aliphatic rings. The molecule has 0 fully saturated rings. The fraction of sp³-hybridized carbons (Fsp3) is 0. The van der Waals surface area contributed by atoms with E-state index in [1.165, 1.54) is 0 Å². The smallest absolute Gasteiger partial charge is 0.267 e. The largest absolute Gasteiger partial charge is 0.352 e. The molecule has 0 atom stereocenters. The molecule has 0 saturated carbocycles. The summed E-state index contributed by atoms with van der Waals surface area (Å²) in [5, 5.41) is 2.20. The highest BCUT2D eigenvalue weighted by molar-refractivity contribution is 5.95. The van der Waals surface area contributed by atoms with Gasteiger partial charge in [0.1, 0.15) is 0 Å². The summed E-state index contributed by atoms with van der Waals surface area (Å²) in [5.41, 5.74) is 0.659. The molecular formula is C12H8N2O. The van der Waals surface area contributed by atoms with Crippen LogP contribution >= 0.6 is 0 Å². The number of hydrogen-bond donors (Lipinski definition) is 0. The molecule has 3 rings (SSSR count). The van der Waals surface area contributed by atoms with Crippen molar-refractivity contribution in [1.29, 1.82) is 0 Å². The van der Waals surface area contributed by atoms with E-state index < -0.39 is 0 Å². The lowest BCUT2D eigenvalue weighted by Crippen LogP contribution is -2.15. The van der Waals surface area contributed by atoms with Crippen molar-refractivity contribution < 1.29 is 0 Å². The zero-order valence-corrected chi connectivity index (χ0v) is 7.92. The molecule has 72 valence electrons. The van der Waals surface area contributed by atoms with Gasteiger partial charge in [-0.05, 0) is 17.5 Å². The highest BCUT2D eigenvalue weighted by atomic mass is 16.1. The molecule has 0 aliphatic heterocycles. The molecule has 2 heterocycles. The quantitative estimate of drug-likeness (QED) is 0.514. The summed E-state index contributed by atoms with van der Waals surface area (Å²) >= 11 is 0. The molecule has 0 unspecified atom stereocenters. The molecule has 0 aliphatic carbocycles. The Labute approximate surface area is 85.6 Å². The molecule has 3 aromatic rings. The molecule has 0 saturated heterocycles. The SMILES string of the molecule is O=c1nccc2c3ccccc3ccn12. The van der Waals surface area contributed by atoms with Crippen molar-refractivity contribution in [3.05, 3.63) is 59.3 Å². The molecule has 1 aromatic carbocycles. The van der Waals surface area contributed by atoms with E-state index in [2.05, 4.69) is 4.98 Å². The monoisotopic (exact) mass is 196 g/mol. The average Bonchev–Trinajstić information content (AvgIpc) is 2.29. The van der Waals surface area contributed by atoms with Crippen LogP contribution in [0.3, 0.4) is 0 Å². The maximum absolute atomic E-state index is 11.5. The van der Waals surface area contributed by atoms with Gasteiger partial charge in [0, 0.05) is 17.8 Å². The summed E-state index contributed by atoms with van der Waals surface area (Å²) in [5.74, 6) is 0. The molecule has 3 nitrogen and oxygen atoms in total. The highest BCUT2D eigenvalue weighted by Crippen LogP contribution is 2.17. The molecule has 3 heteroatoms. The van der Waals surface area contributed by atoms with Gasteiger partial charge in [-0.3, -0.25) is 4.40 Å². The van der Waals surface area contributed by atoms with Crippen LogP contribution in [0.2, 0.25) is 0 Å². The number of rotatable bonds is 0. The van der Waals surface area contributed by atoms with Crippen molar-refractivity contribution in [1.82, 2.24) is 9.38 Å². The third-order valence-corrected chi connectivity index (χ3v) is 2.52. The first-order valence-electron chi connectivity index (χ1n) is 4.71. The maximum atomic E-state index is 11.5. The highest BCUT2D eigenvalue weighted by Gasteiger charge is 2.00. The van der Waals surface area contributed by atoms with Crippen LogP contribution in [0.25, 0.3) is 16.3 Å². The van der Waals surface area contributed by atoms with E-state index >= 15 is 0 Å². The number of aromatic nitrogens is 2. The van der Waals surface area contributed by atoms with Gasteiger partial charge < -0.3 is 0 Å². The van der Waals surface area contributed by atoms with E-state index in [-0.39, 0.29) is 5.69 Å². The Morgan fingerprint density at radius 1 is 1.07 bits per heavy atom. The molecule has 0 amide bonds. The van der Waals surface area contributed by atoms with Gasteiger partial charge in [-0.1, -0.05) is 24.3 Å². The van der Waals surface area contributed by atoms with Crippen LogP contribution in [0.1, 0.15) is 0 Å². The molecule has 0 radical (unpaired) electrons. The molecule has 0 spiro atoms. The summed E-state index contributed by atoms with van der Waals surface area (Å²) in [4.78, 5) is 15.2. The van der Waals surface area contributed by atoms with Crippen LogP contribution < -0.4 is 5.69 Å². The van der Waals surface area contributed by atoms with Crippen LogP contribution in [0, 0.1) is 0 Å². The van der Waals surface area contributed by atoms with Crippen molar-refractivity contribution in [2.75, 3.05) is 0 Å². The lowest BCUT2D eigenvalue weighted by molar-refractivity contribution is 1.000. The predicted molar refractivity (Wildman–Crippen MR) is 59.0 cm³/mol. The van der Waals surface area contributed by atoms with Crippen LogP contribution in [0.15, 0.2) is 53.6 Å². The number of pyridine rings is 1. The normalized spacial score (nSPS) is 10.9. The van der Waals surface area contributed by atoms with Gasteiger partial charge in [-0.2, -0.15) is 0 Å². The fourth-order valence-electron chi connectivity index (χ4n) is 1.81. The molecule has 2 aromatic heterocycles. The van der Waals surface area contributed by atoms with Crippen molar-refractivity contribution in [3.8, 4) is 0 Å². The number of nitrogens with zero attached hydrogens (tertiary/aromatic N) is 2. The lowest BCUT2D eigenvalue weighted by Gasteiger charge is -2.03. The second kappa shape index (κ2) is 2.92. The molecule has 0 N–H and O–H groups in total. The minimum Gasteiger partial charge on any atom is -0.267 e. The second-order valence-electron chi connectivity index (χ2n) is 3.39. The Balaban J connectivity index is 2.67. The van der Waals surface area contributed by atoms with Crippen molar-refractivity contribution in [2.24, 2.45) is 0 Å². The first-order valence-corrected chi connectivity index (χ1v) is 4.71. The topological polar surface area (TPSA) is 34.4 Å². The summed E-state index contributed by atoms with van der Waals surface area (Å²) in [6.45, 7) is 0. The summed E-state index contributed by atoms with van der Waals surface area (Å²) in [7, 11) is 0. The number of fused-ring (bicyclic) bond motifs is 3. The Morgan fingerprint density at radius 2 is 1.93 bits per heavy atom. The number of benzene rings is 1. The van der Waals surface area contributed by atoms with Crippen LogP contribution in [-0.2, 0) is 0 Å². The molecule has 15 heavy (non-hydrogen) atoms. The summed E-state index contributed by atoms with van der Waals surface area (Å²) < 4.78 is 1.56. The minimum absolute atomic E-state index is 0.238. The third kappa shape index (κ3) is 1.13. The minimum atomic E-state index is -0.238. The zero-order valence-electron chi connectivity index (χ0n) is 7.92. The van der Waals surface area contributed by atoms with Gasteiger partial charge in [0.15, 0.2) is 0 Å². The van der Waals surface area contributed by atoms with E-state index in [4.69, 9.17) is 0 Å². The Morgan fingerprint density at radius 3 is 2.87 bits per heavy atom. The van der Waals surface area contributed by atoms with E-state index in [9.17, 15) is 4.79 Å². The first kappa shape index (κ1) is 8.17. The predicted octanol–water partition coefficient (Wildman–Crippen LogP) is 1.85. The Kier molecular flexibility index (Phi) is 1.59. The van der Waals surface area contributed by atoms with E-state index in [0.29, 0.717) is 0 Å².